The van der Waals surface area contributed by atoms with E-state index >= 15 is 0 Å². The molecule has 2 rings (SSSR count). The molecular formula is C10H18N4O. The zero-order valence-corrected chi connectivity index (χ0v) is 9.11. The smallest absolute Gasteiger partial charge is 0.138 e. The van der Waals surface area contributed by atoms with Crippen molar-refractivity contribution in [3.8, 4) is 0 Å². The molecule has 0 spiro atoms. The summed E-state index contributed by atoms with van der Waals surface area (Å²) in [5, 5.41) is 16.9. The molecule has 0 bridgehead atoms. The Morgan fingerprint density at radius 1 is 1.67 bits per heavy atom. The van der Waals surface area contributed by atoms with Crippen LogP contribution in [0.1, 0.15) is 19.2 Å². The van der Waals surface area contributed by atoms with Crippen LogP contribution in [0.4, 0.5) is 0 Å². The molecule has 0 saturated carbocycles. The van der Waals surface area contributed by atoms with Gasteiger partial charge >= 0.3 is 0 Å². The SMILES string of the molecule is CCn1ncnc1CC1(CO)CCNC1. The molecule has 1 saturated heterocycles. The minimum Gasteiger partial charge on any atom is -0.396 e. The minimum atomic E-state index is -0.0278. The third-order valence-corrected chi connectivity index (χ3v) is 3.20. The van der Waals surface area contributed by atoms with Crippen LogP contribution in [0.5, 0.6) is 0 Å². The summed E-state index contributed by atoms with van der Waals surface area (Å²) in [7, 11) is 0. The molecule has 5 heteroatoms. The molecule has 0 amide bonds. The Bertz CT molecular complexity index is 317. The molecule has 2 heterocycles. The summed E-state index contributed by atoms with van der Waals surface area (Å²) in [5.41, 5.74) is -0.0278. The molecule has 1 fully saturated rings. The van der Waals surface area contributed by atoms with Crippen LogP contribution in [0.3, 0.4) is 0 Å². The highest BCUT2D eigenvalue weighted by molar-refractivity contribution is 4.98. The molecule has 1 unspecified atom stereocenters. The van der Waals surface area contributed by atoms with Gasteiger partial charge in [-0.15, -0.1) is 0 Å². The summed E-state index contributed by atoms with van der Waals surface area (Å²) in [4.78, 5) is 4.26. The number of hydrogen-bond donors (Lipinski definition) is 2. The fourth-order valence-electron chi connectivity index (χ4n) is 2.16. The molecule has 0 radical (unpaired) electrons. The predicted molar refractivity (Wildman–Crippen MR) is 56.4 cm³/mol. The lowest BCUT2D eigenvalue weighted by atomic mass is 9.84. The van der Waals surface area contributed by atoms with Gasteiger partial charge in [-0.05, 0) is 19.9 Å². The lowest BCUT2D eigenvalue weighted by Crippen LogP contribution is -2.32. The van der Waals surface area contributed by atoms with Crippen LogP contribution in [-0.2, 0) is 13.0 Å². The molecule has 15 heavy (non-hydrogen) atoms. The summed E-state index contributed by atoms with van der Waals surface area (Å²) >= 11 is 0. The summed E-state index contributed by atoms with van der Waals surface area (Å²) < 4.78 is 1.90. The van der Waals surface area contributed by atoms with E-state index < -0.39 is 0 Å². The summed E-state index contributed by atoms with van der Waals surface area (Å²) in [5.74, 6) is 0.982. The van der Waals surface area contributed by atoms with Gasteiger partial charge in [0.05, 0.1) is 6.61 Å². The number of nitrogens with zero attached hydrogens (tertiary/aromatic N) is 3. The average molecular weight is 210 g/mol. The highest BCUT2D eigenvalue weighted by Crippen LogP contribution is 2.28. The first-order chi connectivity index (χ1) is 7.29. The molecule has 1 aromatic heterocycles. The van der Waals surface area contributed by atoms with Gasteiger partial charge in [0.1, 0.15) is 12.2 Å². The van der Waals surface area contributed by atoms with Crippen molar-refractivity contribution in [2.75, 3.05) is 19.7 Å². The Balaban J connectivity index is 2.12. The van der Waals surface area contributed by atoms with Gasteiger partial charge in [0, 0.05) is 24.9 Å². The first-order valence-electron chi connectivity index (χ1n) is 5.48. The third-order valence-electron chi connectivity index (χ3n) is 3.20. The van der Waals surface area contributed by atoms with Crippen molar-refractivity contribution in [1.82, 2.24) is 20.1 Å². The number of aliphatic hydroxyl groups excluding tert-OH is 1. The van der Waals surface area contributed by atoms with Crippen LogP contribution < -0.4 is 5.32 Å². The lowest BCUT2D eigenvalue weighted by Gasteiger charge is -2.24. The monoisotopic (exact) mass is 210 g/mol. The van der Waals surface area contributed by atoms with E-state index in [9.17, 15) is 5.11 Å². The Morgan fingerprint density at radius 2 is 2.53 bits per heavy atom. The molecule has 2 N–H and O–H groups in total. The van der Waals surface area contributed by atoms with E-state index in [0.717, 1.165) is 38.3 Å². The highest BCUT2D eigenvalue weighted by Gasteiger charge is 2.34. The second kappa shape index (κ2) is 4.28. The standard InChI is InChI=1S/C10H18N4O/c1-2-14-9(12-8-13-14)5-10(7-15)3-4-11-6-10/h8,11,15H,2-7H2,1H3. The van der Waals surface area contributed by atoms with Crippen molar-refractivity contribution in [2.24, 2.45) is 5.41 Å². The molecule has 1 aliphatic rings. The van der Waals surface area contributed by atoms with Gasteiger partial charge in [0.15, 0.2) is 0 Å². The number of nitrogens with one attached hydrogen (secondary N) is 1. The maximum absolute atomic E-state index is 9.48. The van der Waals surface area contributed by atoms with Crippen LogP contribution in [0.2, 0.25) is 0 Å². The molecule has 1 aromatic rings. The van der Waals surface area contributed by atoms with E-state index in [1.54, 1.807) is 6.33 Å². The van der Waals surface area contributed by atoms with Crippen molar-refractivity contribution in [3.05, 3.63) is 12.2 Å². The Labute approximate surface area is 89.5 Å². The van der Waals surface area contributed by atoms with Crippen molar-refractivity contribution in [3.63, 3.8) is 0 Å². The highest BCUT2D eigenvalue weighted by atomic mass is 16.3. The average Bonchev–Trinajstić information content (AvgIpc) is 2.88. The molecule has 0 aromatic carbocycles. The Morgan fingerprint density at radius 3 is 3.13 bits per heavy atom. The second-order valence-electron chi connectivity index (χ2n) is 4.25. The van der Waals surface area contributed by atoms with Gasteiger partial charge in [-0.3, -0.25) is 4.68 Å². The van der Waals surface area contributed by atoms with Gasteiger partial charge < -0.3 is 10.4 Å². The van der Waals surface area contributed by atoms with Crippen LogP contribution >= 0.6 is 0 Å². The molecule has 1 aliphatic heterocycles. The van der Waals surface area contributed by atoms with Crippen molar-refractivity contribution in [1.29, 1.82) is 0 Å². The van der Waals surface area contributed by atoms with E-state index in [1.807, 2.05) is 4.68 Å². The molecule has 0 aliphatic carbocycles. The van der Waals surface area contributed by atoms with Gasteiger partial charge in [0.2, 0.25) is 0 Å². The normalized spacial score (nSPS) is 26.0. The summed E-state index contributed by atoms with van der Waals surface area (Å²) in [6, 6.07) is 0. The number of aryl methyl sites for hydroxylation is 1. The number of aromatic nitrogens is 3. The van der Waals surface area contributed by atoms with Crippen LogP contribution in [-0.4, -0.2) is 39.6 Å². The maximum atomic E-state index is 9.48. The molecule has 84 valence electrons. The zero-order valence-electron chi connectivity index (χ0n) is 9.11. The van der Waals surface area contributed by atoms with E-state index in [2.05, 4.69) is 22.3 Å². The summed E-state index contributed by atoms with van der Waals surface area (Å²) in [6.07, 6.45) is 3.41. The minimum absolute atomic E-state index is 0.0278. The van der Waals surface area contributed by atoms with E-state index in [4.69, 9.17) is 0 Å². The van der Waals surface area contributed by atoms with Gasteiger partial charge in [0.25, 0.3) is 0 Å². The first-order valence-corrected chi connectivity index (χ1v) is 5.48. The largest absolute Gasteiger partial charge is 0.396 e. The van der Waals surface area contributed by atoms with E-state index in [-0.39, 0.29) is 12.0 Å². The van der Waals surface area contributed by atoms with Gasteiger partial charge in [-0.2, -0.15) is 5.10 Å². The molecule has 5 nitrogen and oxygen atoms in total. The fraction of sp³-hybridized carbons (Fsp3) is 0.800. The van der Waals surface area contributed by atoms with Gasteiger partial charge in [-0.25, -0.2) is 4.98 Å². The van der Waals surface area contributed by atoms with E-state index in [1.165, 1.54) is 0 Å². The maximum Gasteiger partial charge on any atom is 0.138 e. The van der Waals surface area contributed by atoms with Crippen molar-refractivity contribution in [2.45, 2.75) is 26.3 Å². The molecular weight excluding hydrogens is 192 g/mol. The summed E-state index contributed by atoms with van der Waals surface area (Å²) in [6.45, 7) is 4.97. The zero-order chi connectivity index (χ0) is 10.7. The topological polar surface area (TPSA) is 63.0 Å². The number of hydrogen-bond acceptors (Lipinski definition) is 4. The lowest BCUT2D eigenvalue weighted by molar-refractivity contribution is 0.139. The van der Waals surface area contributed by atoms with Gasteiger partial charge in [-0.1, -0.05) is 0 Å². The molecule has 1 atom stereocenters. The number of rotatable bonds is 4. The predicted octanol–water partition coefficient (Wildman–Crippen LogP) is -0.187. The first kappa shape index (κ1) is 10.6. The Hall–Kier alpha value is -0.940. The Kier molecular flexibility index (Phi) is 3.02. The number of aliphatic hydroxyl groups is 1. The van der Waals surface area contributed by atoms with Crippen molar-refractivity contribution < 1.29 is 5.11 Å². The third kappa shape index (κ3) is 2.03. The quantitative estimate of drug-likeness (QED) is 0.723. The van der Waals surface area contributed by atoms with Crippen molar-refractivity contribution >= 4 is 0 Å². The van der Waals surface area contributed by atoms with Crippen LogP contribution in [0.15, 0.2) is 6.33 Å². The van der Waals surface area contributed by atoms with E-state index in [0.29, 0.717) is 0 Å². The second-order valence-corrected chi connectivity index (χ2v) is 4.25. The van der Waals surface area contributed by atoms with Crippen LogP contribution in [0, 0.1) is 5.41 Å². The fourth-order valence-corrected chi connectivity index (χ4v) is 2.16. The van der Waals surface area contributed by atoms with Crippen LogP contribution in [0.25, 0.3) is 0 Å².